The van der Waals surface area contributed by atoms with E-state index in [9.17, 15) is 9.59 Å². The zero-order chi connectivity index (χ0) is 15.4. The lowest BCUT2D eigenvalue weighted by molar-refractivity contribution is -0.117. The van der Waals surface area contributed by atoms with E-state index in [0.29, 0.717) is 37.6 Å². The van der Waals surface area contributed by atoms with Crippen LogP contribution in [-0.4, -0.2) is 55.6 Å². The van der Waals surface area contributed by atoms with Crippen LogP contribution in [0.25, 0.3) is 0 Å². The van der Waals surface area contributed by atoms with Crippen LogP contribution in [0.3, 0.4) is 0 Å². The number of rotatable bonds is 3. The fraction of sp³-hybridized carbons (Fsp3) is 0.500. The standard InChI is InChI=1S/C16H21N3O3.ClH/c20-15(14-5-2-6-17-14)18-13-4-1-3-12(11-13)16(21)19-7-9-22-10-8-19;/h1,3-4,11,14,17H,2,5-10H2,(H,18,20);1H. The molecule has 3 rings (SSSR count). The number of nitrogens with one attached hydrogen (secondary N) is 2. The average molecular weight is 340 g/mol. The molecule has 2 N–H and O–H groups in total. The molecule has 2 amide bonds. The maximum absolute atomic E-state index is 12.4. The Labute approximate surface area is 142 Å². The predicted octanol–water partition coefficient (Wildman–Crippen LogP) is 1.27. The molecule has 1 aromatic rings. The molecule has 2 heterocycles. The average Bonchev–Trinajstić information content (AvgIpc) is 3.10. The van der Waals surface area contributed by atoms with Crippen molar-refractivity contribution in [3.8, 4) is 0 Å². The summed E-state index contributed by atoms with van der Waals surface area (Å²) in [6, 6.07) is 7.00. The monoisotopic (exact) mass is 339 g/mol. The molecular formula is C16H22ClN3O3. The molecule has 1 atom stereocenters. The Morgan fingerprint density at radius 1 is 1.26 bits per heavy atom. The molecule has 2 aliphatic rings. The first kappa shape index (κ1) is 17.7. The van der Waals surface area contributed by atoms with Gasteiger partial charge in [0.15, 0.2) is 0 Å². The first-order chi connectivity index (χ1) is 10.7. The van der Waals surface area contributed by atoms with E-state index in [1.165, 1.54) is 0 Å². The van der Waals surface area contributed by atoms with Crippen LogP contribution in [0.4, 0.5) is 5.69 Å². The molecule has 1 unspecified atom stereocenters. The van der Waals surface area contributed by atoms with E-state index in [-0.39, 0.29) is 30.3 Å². The highest BCUT2D eigenvalue weighted by Gasteiger charge is 2.23. The van der Waals surface area contributed by atoms with Gasteiger partial charge in [0.1, 0.15) is 0 Å². The van der Waals surface area contributed by atoms with E-state index in [4.69, 9.17) is 4.74 Å². The van der Waals surface area contributed by atoms with E-state index < -0.39 is 0 Å². The number of anilines is 1. The summed E-state index contributed by atoms with van der Waals surface area (Å²) in [5.74, 6) is -0.0492. The molecule has 2 fully saturated rings. The molecule has 6 nitrogen and oxygen atoms in total. The third-order valence-electron chi connectivity index (χ3n) is 4.05. The van der Waals surface area contributed by atoms with Crippen molar-refractivity contribution in [1.29, 1.82) is 0 Å². The van der Waals surface area contributed by atoms with Crippen molar-refractivity contribution < 1.29 is 14.3 Å². The van der Waals surface area contributed by atoms with Gasteiger partial charge in [-0.2, -0.15) is 0 Å². The minimum absolute atomic E-state index is 0. The number of ether oxygens (including phenoxy) is 1. The Morgan fingerprint density at radius 2 is 2.04 bits per heavy atom. The van der Waals surface area contributed by atoms with Crippen molar-refractivity contribution in [2.75, 3.05) is 38.2 Å². The lowest BCUT2D eigenvalue weighted by Gasteiger charge is -2.27. The van der Waals surface area contributed by atoms with Crippen LogP contribution >= 0.6 is 12.4 Å². The number of nitrogens with zero attached hydrogens (tertiary/aromatic N) is 1. The molecule has 2 saturated heterocycles. The van der Waals surface area contributed by atoms with Crippen LogP contribution in [0.15, 0.2) is 24.3 Å². The highest BCUT2D eigenvalue weighted by Crippen LogP contribution is 2.15. The number of amides is 2. The van der Waals surface area contributed by atoms with Gasteiger partial charge in [0.2, 0.25) is 5.91 Å². The third kappa shape index (κ3) is 4.43. The first-order valence-electron chi connectivity index (χ1n) is 7.75. The number of benzene rings is 1. The largest absolute Gasteiger partial charge is 0.378 e. The molecule has 7 heteroatoms. The molecule has 1 aromatic carbocycles. The van der Waals surface area contributed by atoms with Crippen LogP contribution in [0.5, 0.6) is 0 Å². The van der Waals surface area contributed by atoms with E-state index in [0.717, 1.165) is 19.4 Å². The summed E-state index contributed by atoms with van der Waals surface area (Å²) in [5.41, 5.74) is 1.26. The van der Waals surface area contributed by atoms with Crippen molar-refractivity contribution in [2.24, 2.45) is 0 Å². The number of carbonyl (C=O) groups excluding carboxylic acids is 2. The summed E-state index contributed by atoms with van der Waals surface area (Å²) in [5, 5.41) is 6.05. The second-order valence-electron chi connectivity index (χ2n) is 5.62. The Bertz CT molecular complexity index is 555. The van der Waals surface area contributed by atoms with Gasteiger partial charge in [-0.3, -0.25) is 9.59 Å². The second-order valence-corrected chi connectivity index (χ2v) is 5.62. The molecule has 0 radical (unpaired) electrons. The summed E-state index contributed by atoms with van der Waals surface area (Å²) < 4.78 is 5.26. The molecule has 0 aromatic heterocycles. The summed E-state index contributed by atoms with van der Waals surface area (Å²) in [6.45, 7) is 3.27. The van der Waals surface area contributed by atoms with Crippen molar-refractivity contribution >= 4 is 29.9 Å². The highest BCUT2D eigenvalue weighted by molar-refractivity contribution is 5.98. The number of morpholine rings is 1. The summed E-state index contributed by atoms with van der Waals surface area (Å²) in [4.78, 5) is 26.3. The quantitative estimate of drug-likeness (QED) is 0.870. The van der Waals surface area contributed by atoms with Gasteiger partial charge in [0, 0.05) is 24.3 Å². The third-order valence-corrected chi connectivity index (χ3v) is 4.05. The first-order valence-corrected chi connectivity index (χ1v) is 7.75. The zero-order valence-corrected chi connectivity index (χ0v) is 13.7. The fourth-order valence-electron chi connectivity index (χ4n) is 2.82. The van der Waals surface area contributed by atoms with E-state index in [1.807, 2.05) is 6.07 Å². The SMILES string of the molecule is Cl.O=C(Nc1cccc(C(=O)N2CCOCC2)c1)C1CCCN1. The molecule has 0 saturated carbocycles. The molecule has 126 valence electrons. The van der Waals surface area contributed by atoms with Crippen LogP contribution < -0.4 is 10.6 Å². The van der Waals surface area contributed by atoms with Gasteiger partial charge < -0.3 is 20.3 Å². The maximum Gasteiger partial charge on any atom is 0.254 e. The molecule has 0 aliphatic carbocycles. The molecule has 0 spiro atoms. The van der Waals surface area contributed by atoms with Crippen molar-refractivity contribution in [1.82, 2.24) is 10.2 Å². The Morgan fingerprint density at radius 3 is 2.74 bits per heavy atom. The number of hydrogen-bond acceptors (Lipinski definition) is 4. The Hall–Kier alpha value is -1.63. The van der Waals surface area contributed by atoms with E-state index in [2.05, 4.69) is 10.6 Å². The summed E-state index contributed by atoms with van der Waals surface area (Å²) in [7, 11) is 0. The molecule has 0 bridgehead atoms. The van der Waals surface area contributed by atoms with E-state index in [1.54, 1.807) is 23.1 Å². The highest BCUT2D eigenvalue weighted by atomic mass is 35.5. The van der Waals surface area contributed by atoms with Gasteiger partial charge in [-0.1, -0.05) is 6.07 Å². The topological polar surface area (TPSA) is 70.7 Å². The van der Waals surface area contributed by atoms with Gasteiger partial charge in [0.25, 0.3) is 5.91 Å². The Kier molecular flexibility index (Phi) is 6.38. The molecular weight excluding hydrogens is 318 g/mol. The van der Waals surface area contributed by atoms with Crippen LogP contribution in [0.2, 0.25) is 0 Å². The minimum atomic E-state index is -0.126. The van der Waals surface area contributed by atoms with Crippen LogP contribution in [0.1, 0.15) is 23.2 Å². The minimum Gasteiger partial charge on any atom is -0.378 e. The van der Waals surface area contributed by atoms with E-state index >= 15 is 0 Å². The lowest BCUT2D eigenvalue weighted by atomic mass is 10.1. The normalized spacial score (nSPS) is 20.7. The number of carbonyl (C=O) groups is 2. The van der Waals surface area contributed by atoms with Gasteiger partial charge in [-0.25, -0.2) is 0 Å². The van der Waals surface area contributed by atoms with Crippen molar-refractivity contribution in [3.05, 3.63) is 29.8 Å². The van der Waals surface area contributed by atoms with Crippen LogP contribution in [0, 0.1) is 0 Å². The fourth-order valence-corrected chi connectivity index (χ4v) is 2.82. The van der Waals surface area contributed by atoms with Crippen LogP contribution in [-0.2, 0) is 9.53 Å². The molecule has 2 aliphatic heterocycles. The lowest BCUT2D eigenvalue weighted by Crippen LogP contribution is -2.40. The van der Waals surface area contributed by atoms with Crippen molar-refractivity contribution in [2.45, 2.75) is 18.9 Å². The second kappa shape index (κ2) is 8.29. The number of hydrogen-bond donors (Lipinski definition) is 2. The van der Waals surface area contributed by atoms with Gasteiger partial charge in [-0.15, -0.1) is 12.4 Å². The Balaban J connectivity index is 0.00000192. The summed E-state index contributed by atoms with van der Waals surface area (Å²) in [6.07, 6.45) is 1.88. The predicted molar refractivity (Wildman–Crippen MR) is 90.1 cm³/mol. The molecule has 23 heavy (non-hydrogen) atoms. The van der Waals surface area contributed by atoms with Gasteiger partial charge in [-0.05, 0) is 37.6 Å². The summed E-state index contributed by atoms with van der Waals surface area (Å²) >= 11 is 0. The van der Waals surface area contributed by atoms with Gasteiger partial charge in [0.05, 0.1) is 19.3 Å². The maximum atomic E-state index is 12.4. The van der Waals surface area contributed by atoms with Crippen molar-refractivity contribution in [3.63, 3.8) is 0 Å². The number of halogens is 1. The smallest absolute Gasteiger partial charge is 0.254 e. The zero-order valence-electron chi connectivity index (χ0n) is 12.9. The van der Waals surface area contributed by atoms with Gasteiger partial charge >= 0.3 is 0 Å².